The van der Waals surface area contributed by atoms with Crippen LogP contribution in [0.25, 0.3) is 10.9 Å². The molecule has 0 spiro atoms. The summed E-state index contributed by atoms with van der Waals surface area (Å²) >= 11 is 0. The van der Waals surface area contributed by atoms with E-state index in [2.05, 4.69) is 10.1 Å². The highest BCUT2D eigenvalue weighted by atomic mass is 16.5. The smallest absolute Gasteiger partial charge is 0.359 e. The molecule has 0 unspecified atom stereocenters. The monoisotopic (exact) mass is 259 g/mol. The number of aromatic nitrogens is 3. The molecule has 1 saturated carbocycles. The van der Waals surface area contributed by atoms with Gasteiger partial charge in [-0.3, -0.25) is 9.78 Å². The first-order valence-corrected chi connectivity index (χ1v) is 6.26. The molecule has 1 fully saturated rings. The van der Waals surface area contributed by atoms with Crippen LogP contribution in [0.15, 0.2) is 18.5 Å². The van der Waals surface area contributed by atoms with E-state index in [1.165, 1.54) is 10.9 Å². The lowest BCUT2D eigenvalue weighted by molar-refractivity contribution is 0.0521. The average Bonchev–Trinajstić information content (AvgIpc) is 3.19. The Morgan fingerprint density at radius 2 is 2.26 bits per heavy atom. The van der Waals surface area contributed by atoms with Crippen molar-refractivity contribution in [3.05, 3.63) is 24.2 Å². The Bertz CT molecular complexity index is 658. The van der Waals surface area contributed by atoms with Crippen molar-refractivity contribution in [3.63, 3.8) is 0 Å². The fourth-order valence-electron chi connectivity index (χ4n) is 1.98. The molecule has 0 saturated heterocycles. The summed E-state index contributed by atoms with van der Waals surface area (Å²) in [4.78, 5) is 28.0. The third-order valence-electron chi connectivity index (χ3n) is 3.09. The highest BCUT2D eigenvalue weighted by Gasteiger charge is 2.33. The van der Waals surface area contributed by atoms with Crippen LogP contribution in [-0.2, 0) is 4.74 Å². The number of esters is 1. The number of fused-ring (bicyclic) bond motifs is 1. The van der Waals surface area contributed by atoms with Gasteiger partial charge in [0.25, 0.3) is 5.91 Å². The number of ether oxygens (including phenoxy) is 1. The Balaban J connectivity index is 2.12. The molecule has 1 aliphatic rings. The van der Waals surface area contributed by atoms with Crippen molar-refractivity contribution in [2.75, 3.05) is 6.61 Å². The van der Waals surface area contributed by atoms with Gasteiger partial charge in [0.15, 0.2) is 5.69 Å². The molecule has 0 bridgehead atoms. The number of hydrogen-bond acceptors (Lipinski definition) is 5. The standard InChI is InChI=1S/C13H13N3O3/c1-2-19-13(18)11-9-7-14-6-5-10(9)16(15-11)12(17)8-3-4-8/h5-8H,2-4H2,1H3. The number of hydrogen-bond donors (Lipinski definition) is 0. The Kier molecular flexibility index (Phi) is 2.77. The first kappa shape index (κ1) is 11.8. The molecule has 6 nitrogen and oxygen atoms in total. The molecule has 2 heterocycles. The van der Waals surface area contributed by atoms with Crippen molar-refractivity contribution in [2.24, 2.45) is 5.92 Å². The van der Waals surface area contributed by atoms with E-state index in [4.69, 9.17) is 4.74 Å². The minimum absolute atomic E-state index is 0.0336. The highest BCUT2D eigenvalue weighted by Crippen LogP contribution is 2.32. The van der Waals surface area contributed by atoms with Gasteiger partial charge in [0.2, 0.25) is 0 Å². The van der Waals surface area contributed by atoms with E-state index in [9.17, 15) is 9.59 Å². The van der Waals surface area contributed by atoms with Gasteiger partial charge in [0, 0.05) is 18.3 Å². The van der Waals surface area contributed by atoms with Gasteiger partial charge in [-0.05, 0) is 25.8 Å². The minimum atomic E-state index is -0.525. The van der Waals surface area contributed by atoms with Crippen LogP contribution in [0.1, 0.15) is 35.0 Å². The van der Waals surface area contributed by atoms with Crippen molar-refractivity contribution in [2.45, 2.75) is 19.8 Å². The van der Waals surface area contributed by atoms with Crippen LogP contribution < -0.4 is 0 Å². The zero-order valence-electron chi connectivity index (χ0n) is 10.5. The maximum Gasteiger partial charge on any atom is 0.359 e. The molecule has 0 atom stereocenters. The molecule has 0 aliphatic heterocycles. The Hall–Kier alpha value is -2.24. The summed E-state index contributed by atoms with van der Waals surface area (Å²) in [7, 11) is 0. The molecular formula is C13H13N3O3. The summed E-state index contributed by atoms with van der Waals surface area (Å²) in [5.74, 6) is -0.555. The summed E-state index contributed by atoms with van der Waals surface area (Å²) in [6.45, 7) is 1.99. The van der Waals surface area contributed by atoms with Crippen LogP contribution >= 0.6 is 0 Å². The van der Waals surface area contributed by atoms with Crippen molar-refractivity contribution in [3.8, 4) is 0 Å². The van der Waals surface area contributed by atoms with Gasteiger partial charge in [0.05, 0.1) is 17.5 Å². The van der Waals surface area contributed by atoms with Gasteiger partial charge >= 0.3 is 5.97 Å². The molecule has 1 aliphatic carbocycles. The minimum Gasteiger partial charge on any atom is -0.461 e. The number of carbonyl (C=O) groups is 2. The van der Waals surface area contributed by atoms with E-state index in [-0.39, 0.29) is 24.1 Å². The molecule has 0 radical (unpaired) electrons. The Morgan fingerprint density at radius 3 is 2.95 bits per heavy atom. The molecule has 2 aromatic rings. The average molecular weight is 259 g/mol. The normalized spacial score (nSPS) is 14.6. The third kappa shape index (κ3) is 1.99. The number of pyridine rings is 1. The predicted molar refractivity (Wildman–Crippen MR) is 66.8 cm³/mol. The molecule has 2 aromatic heterocycles. The maximum absolute atomic E-state index is 12.1. The first-order chi connectivity index (χ1) is 9.22. The van der Waals surface area contributed by atoms with E-state index >= 15 is 0 Å². The van der Waals surface area contributed by atoms with E-state index in [0.29, 0.717) is 10.9 Å². The largest absolute Gasteiger partial charge is 0.461 e. The molecule has 3 rings (SSSR count). The first-order valence-electron chi connectivity index (χ1n) is 6.26. The molecule has 0 aromatic carbocycles. The van der Waals surface area contributed by atoms with E-state index in [1.807, 2.05) is 0 Å². The molecule has 6 heteroatoms. The topological polar surface area (TPSA) is 74.1 Å². The SMILES string of the molecule is CCOC(=O)c1nn(C(=O)C2CC2)c2ccncc12. The molecule has 98 valence electrons. The lowest BCUT2D eigenvalue weighted by atomic mass is 10.2. The fraction of sp³-hybridized carbons (Fsp3) is 0.385. The maximum atomic E-state index is 12.1. The van der Waals surface area contributed by atoms with Crippen molar-refractivity contribution < 1.29 is 14.3 Å². The van der Waals surface area contributed by atoms with Gasteiger partial charge in [-0.2, -0.15) is 9.78 Å². The second kappa shape index (κ2) is 4.46. The van der Waals surface area contributed by atoms with Crippen LogP contribution in [0, 0.1) is 5.92 Å². The summed E-state index contributed by atoms with van der Waals surface area (Å²) in [5.41, 5.74) is 0.758. The second-order valence-electron chi connectivity index (χ2n) is 4.49. The zero-order chi connectivity index (χ0) is 13.4. The van der Waals surface area contributed by atoms with Crippen molar-refractivity contribution in [1.29, 1.82) is 0 Å². The van der Waals surface area contributed by atoms with Gasteiger partial charge in [-0.15, -0.1) is 0 Å². The van der Waals surface area contributed by atoms with E-state index in [1.54, 1.807) is 19.2 Å². The molecule has 0 N–H and O–H groups in total. The number of carbonyl (C=O) groups excluding carboxylic acids is 2. The number of nitrogens with zero attached hydrogens (tertiary/aromatic N) is 3. The summed E-state index contributed by atoms with van der Waals surface area (Å²) in [5, 5.41) is 4.67. The van der Waals surface area contributed by atoms with Crippen molar-refractivity contribution in [1.82, 2.24) is 14.8 Å². The Labute approximate surface area is 109 Å². The van der Waals surface area contributed by atoms with Gasteiger partial charge in [0.1, 0.15) is 0 Å². The van der Waals surface area contributed by atoms with Crippen LogP contribution in [0.4, 0.5) is 0 Å². The quantitative estimate of drug-likeness (QED) is 0.784. The van der Waals surface area contributed by atoms with Gasteiger partial charge < -0.3 is 4.74 Å². The summed E-state index contributed by atoms with van der Waals surface area (Å²) in [6.07, 6.45) is 4.89. The molecular weight excluding hydrogens is 246 g/mol. The summed E-state index contributed by atoms with van der Waals surface area (Å²) in [6, 6.07) is 1.69. The van der Waals surface area contributed by atoms with Crippen LogP contribution in [0.5, 0.6) is 0 Å². The predicted octanol–water partition coefficient (Wildman–Crippen LogP) is 1.66. The molecule has 0 amide bonds. The third-order valence-corrected chi connectivity index (χ3v) is 3.09. The fourth-order valence-corrected chi connectivity index (χ4v) is 1.98. The van der Waals surface area contributed by atoms with Crippen LogP contribution in [-0.4, -0.2) is 33.2 Å². The zero-order valence-corrected chi connectivity index (χ0v) is 10.5. The lowest BCUT2D eigenvalue weighted by Gasteiger charge is -1.99. The highest BCUT2D eigenvalue weighted by molar-refractivity contribution is 6.04. The van der Waals surface area contributed by atoms with Crippen LogP contribution in [0.2, 0.25) is 0 Å². The van der Waals surface area contributed by atoms with E-state index in [0.717, 1.165) is 12.8 Å². The van der Waals surface area contributed by atoms with E-state index < -0.39 is 5.97 Å². The van der Waals surface area contributed by atoms with Crippen LogP contribution in [0.3, 0.4) is 0 Å². The van der Waals surface area contributed by atoms with Gasteiger partial charge in [-0.1, -0.05) is 0 Å². The Morgan fingerprint density at radius 1 is 1.47 bits per heavy atom. The second-order valence-corrected chi connectivity index (χ2v) is 4.49. The lowest BCUT2D eigenvalue weighted by Crippen LogP contribution is -2.15. The van der Waals surface area contributed by atoms with Crippen molar-refractivity contribution >= 4 is 22.8 Å². The summed E-state index contributed by atoms with van der Waals surface area (Å²) < 4.78 is 6.26. The number of rotatable bonds is 3. The van der Waals surface area contributed by atoms with Gasteiger partial charge in [-0.25, -0.2) is 4.79 Å². The molecule has 19 heavy (non-hydrogen) atoms.